The molecule has 5 heteroatoms. The average molecular weight is 233 g/mol. The smallest absolute Gasteiger partial charge is 0.154 e. The van der Waals surface area contributed by atoms with Crippen molar-refractivity contribution in [2.45, 2.75) is 32.4 Å². The van der Waals surface area contributed by atoms with Crippen LogP contribution in [0.25, 0.3) is 0 Å². The molecule has 2 rings (SSSR count). The third-order valence-electron chi connectivity index (χ3n) is 3.67. The zero-order valence-corrected chi connectivity index (χ0v) is 10.0. The Morgan fingerprint density at radius 2 is 2.00 bits per heavy atom. The summed E-state index contributed by atoms with van der Waals surface area (Å²) in [6.45, 7) is 5.24. The van der Waals surface area contributed by atoms with Crippen LogP contribution in [0, 0.1) is 11.3 Å². The van der Waals surface area contributed by atoms with Gasteiger partial charge in [0.05, 0.1) is 17.6 Å². The van der Waals surface area contributed by atoms with Crippen molar-refractivity contribution >= 4 is 9.84 Å². The van der Waals surface area contributed by atoms with Gasteiger partial charge in [0.15, 0.2) is 9.84 Å². The van der Waals surface area contributed by atoms with Crippen LogP contribution >= 0.6 is 0 Å². The monoisotopic (exact) mass is 233 g/mol. The van der Waals surface area contributed by atoms with E-state index in [0.717, 1.165) is 6.54 Å². The summed E-state index contributed by atoms with van der Waals surface area (Å²) in [6.07, 6.45) is 0.465. The minimum Gasteiger partial charge on any atom is -0.390 e. The highest BCUT2D eigenvalue weighted by Gasteiger charge is 2.46. The molecule has 0 bridgehead atoms. The highest BCUT2D eigenvalue weighted by molar-refractivity contribution is 7.91. The van der Waals surface area contributed by atoms with Crippen molar-refractivity contribution in [1.29, 1.82) is 0 Å². The van der Waals surface area contributed by atoms with Crippen molar-refractivity contribution in [3.63, 3.8) is 0 Å². The Labute approximate surface area is 91.0 Å². The molecule has 1 saturated heterocycles. The fourth-order valence-corrected chi connectivity index (χ4v) is 4.02. The van der Waals surface area contributed by atoms with E-state index >= 15 is 0 Å². The van der Waals surface area contributed by atoms with Crippen LogP contribution in [0.4, 0.5) is 0 Å². The number of aliphatic hydroxyl groups is 1. The predicted molar refractivity (Wildman–Crippen MR) is 58.3 cm³/mol. The molecule has 0 aromatic carbocycles. The molecule has 2 N–H and O–H groups in total. The molecule has 88 valence electrons. The van der Waals surface area contributed by atoms with Crippen LogP contribution in [0.1, 0.15) is 20.3 Å². The van der Waals surface area contributed by atoms with E-state index < -0.39 is 15.9 Å². The van der Waals surface area contributed by atoms with Gasteiger partial charge in [-0.2, -0.15) is 0 Å². The lowest BCUT2D eigenvalue weighted by atomic mass is 10.1. The Morgan fingerprint density at radius 3 is 2.40 bits per heavy atom. The number of hydrogen-bond acceptors (Lipinski definition) is 4. The molecule has 0 spiro atoms. The second kappa shape index (κ2) is 3.43. The van der Waals surface area contributed by atoms with Gasteiger partial charge in [0.2, 0.25) is 0 Å². The van der Waals surface area contributed by atoms with Gasteiger partial charge >= 0.3 is 0 Å². The molecule has 1 heterocycles. The van der Waals surface area contributed by atoms with E-state index in [4.69, 9.17) is 0 Å². The van der Waals surface area contributed by atoms with Crippen molar-refractivity contribution in [1.82, 2.24) is 5.32 Å². The Morgan fingerprint density at radius 1 is 1.40 bits per heavy atom. The zero-order chi connectivity index (χ0) is 11.3. The molecule has 0 amide bonds. The molecule has 1 aliphatic carbocycles. The average Bonchev–Trinajstić information content (AvgIpc) is 2.56. The fraction of sp³-hybridized carbons (Fsp3) is 1.00. The van der Waals surface area contributed by atoms with Gasteiger partial charge in [0, 0.05) is 6.04 Å². The maximum absolute atomic E-state index is 11.2. The SMILES string of the molecule is CC1(C)CC1CNC1CS(=O)(=O)CC1O. The van der Waals surface area contributed by atoms with Gasteiger partial charge in [-0.1, -0.05) is 13.8 Å². The van der Waals surface area contributed by atoms with Crippen molar-refractivity contribution in [3.8, 4) is 0 Å². The summed E-state index contributed by atoms with van der Waals surface area (Å²) in [5, 5.41) is 12.7. The van der Waals surface area contributed by atoms with Gasteiger partial charge in [0.25, 0.3) is 0 Å². The summed E-state index contributed by atoms with van der Waals surface area (Å²) < 4.78 is 22.5. The van der Waals surface area contributed by atoms with Crippen LogP contribution in [0.3, 0.4) is 0 Å². The number of aliphatic hydroxyl groups excluding tert-OH is 1. The third-order valence-corrected chi connectivity index (χ3v) is 5.38. The van der Waals surface area contributed by atoms with Crippen LogP contribution < -0.4 is 5.32 Å². The maximum atomic E-state index is 11.2. The van der Waals surface area contributed by atoms with E-state index in [1.54, 1.807) is 0 Å². The van der Waals surface area contributed by atoms with E-state index in [1.807, 2.05) is 0 Å². The quantitative estimate of drug-likeness (QED) is 0.707. The Hall–Kier alpha value is -0.130. The lowest BCUT2D eigenvalue weighted by molar-refractivity contribution is 0.165. The third kappa shape index (κ3) is 2.52. The topological polar surface area (TPSA) is 66.4 Å². The van der Waals surface area contributed by atoms with Crippen LogP contribution in [0.5, 0.6) is 0 Å². The summed E-state index contributed by atoms with van der Waals surface area (Å²) in [5.74, 6) is 0.632. The second-order valence-corrected chi connectivity index (χ2v) is 7.70. The zero-order valence-electron chi connectivity index (χ0n) is 9.23. The van der Waals surface area contributed by atoms with Crippen LogP contribution in [-0.2, 0) is 9.84 Å². The highest BCUT2D eigenvalue weighted by Crippen LogP contribution is 2.51. The summed E-state index contributed by atoms with van der Waals surface area (Å²) in [5.41, 5.74) is 0.398. The first kappa shape index (κ1) is 11.4. The van der Waals surface area contributed by atoms with E-state index in [0.29, 0.717) is 11.3 Å². The molecule has 4 nitrogen and oxygen atoms in total. The minimum absolute atomic E-state index is 0.0846. The van der Waals surface area contributed by atoms with Crippen molar-refractivity contribution in [2.24, 2.45) is 11.3 Å². The lowest BCUT2D eigenvalue weighted by Crippen LogP contribution is -2.40. The predicted octanol–water partition coefficient (Wildman–Crippen LogP) is -0.220. The van der Waals surface area contributed by atoms with Gasteiger partial charge in [-0.25, -0.2) is 8.42 Å². The second-order valence-electron chi connectivity index (χ2n) is 5.55. The molecular weight excluding hydrogens is 214 g/mol. The van der Waals surface area contributed by atoms with E-state index in [1.165, 1.54) is 6.42 Å². The number of sulfone groups is 1. The first-order chi connectivity index (χ1) is 6.80. The summed E-state index contributed by atoms with van der Waals surface area (Å²) >= 11 is 0. The van der Waals surface area contributed by atoms with Crippen LogP contribution in [-0.4, -0.2) is 43.7 Å². The Kier molecular flexibility index (Phi) is 2.60. The summed E-state index contributed by atoms with van der Waals surface area (Å²) in [7, 11) is -3.01. The van der Waals surface area contributed by atoms with E-state index in [9.17, 15) is 13.5 Å². The molecule has 15 heavy (non-hydrogen) atoms. The molecule has 3 atom stereocenters. The van der Waals surface area contributed by atoms with E-state index in [2.05, 4.69) is 19.2 Å². The number of hydrogen-bond donors (Lipinski definition) is 2. The summed E-state index contributed by atoms with van der Waals surface area (Å²) in [4.78, 5) is 0. The first-order valence-electron chi connectivity index (χ1n) is 5.42. The minimum atomic E-state index is -3.01. The normalized spacial score (nSPS) is 41.7. The van der Waals surface area contributed by atoms with Crippen molar-refractivity contribution < 1.29 is 13.5 Å². The Bertz CT molecular complexity index is 350. The van der Waals surface area contributed by atoms with Crippen LogP contribution in [0.2, 0.25) is 0 Å². The van der Waals surface area contributed by atoms with Gasteiger partial charge < -0.3 is 10.4 Å². The molecule has 0 aromatic rings. The molecule has 2 aliphatic rings. The fourth-order valence-electron chi connectivity index (χ4n) is 2.24. The maximum Gasteiger partial charge on any atom is 0.154 e. The molecule has 0 radical (unpaired) electrons. The lowest BCUT2D eigenvalue weighted by Gasteiger charge is -2.15. The number of rotatable bonds is 3. The van der Waals surface area contributed by atoms with Crippen LogP contribution in [0.15, 0.2) is 0 Å². The highest BCUT2D eigenvalue weighted by atomic mass is 32.2. The largest absolute Gasteiger partial charge is 0.390 e. The molecule has 1 aliphatic heterocycles. The molecule has 1 saturated carbocycles. The van der Waals surface area contributed by atoms with Crippen molar-refractivity contribution in [3.05, 3.63) is 0 Å². The number of nitrogens with one attached hydrogen (secondary N) is 1. The molecule has 0 aromatic heterocycles. The standard InChI is InChI=1S/C10H19NO3S/c1-10(2)3-7(10)4-11-8-5-15(13,14)6-9(8)12/h7-9,11-12H,3-6H2,1-2H3. The van der Waals surface area contributed by atoms with Gasteiger partial charge in [-0.3, -0.25) is 0 Å². The molecule has 2 fully saturated rings. The van der Waals surface area contributed by atoms with Gasteiger partial charge in [-0.15, -0.1) is 0 Å². The molecule has 3 unspecified atom stereocenters. The molecular formula is C10H19NO3S. The van der Waals surface area contributed by atoms with Gasteiger partial charge in [-0.05, 0) is 24.3 Å². The van der Waals surface area contributed by atoms with Crippen molar-refractivity contribution in [2.75, 3.05) is 18.1 Å². The first-order valence-corrected chi connectivity index (χ1v) is 7.24. The van der Waals surface area contributed by atoms with Gasteiger partial charge in [0.1, 0.15) is 0 Å². The summed E-state index contributed by atoms with van der Waals surface area (Å²) in [6, 6.07) is -0.258. The Balaban J connectivity index is 1.81. The van der Waals surface area contributed by atoms with E-state index in [-0.39, 0.29) is 17.5 Å².